The van der Waals surface area contributed by atoms with Crippen LogP contribution in [0.3, 0.4) is 0 Å². The third-order valence-corrected chi connectivity index (χ3v) is 3.22. The molecule has 0 bridgehead atoms. The Bertz CT molecular complexity index is 468. The van der Waals surface area contributed by atoms with Crippen molar-refractivity contribution in [3.8, 4) is 0 Å². The summed E-state index contributed by atoms with van der Waals surface area (Å²) in [5.74, 6) is -1.63. The van der Waals surface area contributed by atoms with Crippen molar-refractivity contribution >= 4 is 21.9 Å². The van der Waals surface area contributed by atoms with Gasteiger partial charge in [-0.25, -0.2) is 4.39 Å². The molecule has 3 nitrogen and oxygen atoms in total. The minimum atomic E-state index is -1.05. The molecule has 0 aliphatic rings. The average molecular weight is 333 g/mol. The van der Waals surface area contributed by atoms with Crippen LogP contribution in [0.5, 0.6) is 0 Å². The number of halogens is 2. The number of hydrogen-bond donors (Lipinski definition) is 1. The highest BCUT2D eigenvalue weighted by molar-refractivity contribution is 9.10. The first-order valence-electron chi connectivity index (χ1n) is 5.97. The number of benzene rings is 1. The van der Waals surface area contributed by atoms with E-state index in [4.69, 9.17) is 4.74 Å². The van der Waals surface area contributed by atoms with Gasteiger partial charge >= 0.3 is 5.97 Å². The number of carbonyl (C=O) groups is 1. The fourth-order valence-electron chi connectivity index (χ4n) is 1.53. The number of aliphatic hydroxyl groups excluding tert-OH is 1. The van der Waals surface area contributed by atoms with E-state index < -0.39 is 29.4 Å². The lowest BCUT2D eigenvalue weighted by Gasteiger charge is -2.25. The number of rotatable bonds is 3. The molecule has 0 heterocycles. The van der Waals surface area contributed by atoms with Gasteiger partial charge in [-0.15, -0.1) is 0 Å². The van der Waals surface area contributed by atoms with Gasteiger partial charge in [-0.2, -0.15) is 0 Å². The fourth-order valence-corrected chi connectivity index (χ4v) is 2.12. The van der Waals surface area contributed by atoms with E-state index in [1.165, 1.54) is 18.2 Å². The number of ether oxygens (including phenoxy) is 1. The van der Waals surface area contributed by atoms with Crippen LogP contribution in [0.1, 0.15) is 39.4 Å². The molecule has 0 saturated carbocycles. The van der Waals surface area contributed by atoms with Gasteiger partial charge < -0.3 is 9.84 Å². The number of hydrogen-bond acceptors (Lipinski definition) is 3. The van der Waals surface area contributed by atoms with E-state index in [2.05, 4.69) is 15.9 Å². The monoisotopic (exact) mass is 332 g/mol. The van der Waals surface area contributed by atoms with Crippen LogP contribution >= 0.6 is 15.9 Å². The number of carbonyl (C=O) groups excluding carboxylic acids is 1. The zero-order chi connectivity index (χ0) is 14.8. The molecule has 1 aromatic rings. The molecule has 5 heteroatoms. The summed E-state index contributed by atoms with van der Waals surface area (Å²) >= 11 is 3.17. The van der Waals surface area contributed by atoms with Crippen LogP contribution in [0.2, 0.25) is 0 Å². The van der Waals surface area contributed by atoms with Crippen molar-refractivity contribution < 1.29 is 19.0 Å². The smallest absolute Gasteiger partial charge is 0.312 e. The highest BCUT2D eigenvalue weighted by Gasteiger charge is 2.29. The summed E-state index contributed by atoms with van der Waals surface area (Å²) in [6.45, 7) is 6.86. The van der Waals surface area contributed by atoms with Gasteiger partial charge in [0.05, 0.1) is 12.0 Å². The molecule has 0 fully saturated rings. The molecule has 0 aromatic heterocycles. The van der Waals surface area contributed by atoms with Crippen LogP contribution in [-0.2, 0) is 9.53 Å². The van der Waals surface area contributed by atoms with E-state index >= 15 is 0 Å². The number of aliphatic hydroxyl groups is 1. The highest BCUT2D eigenvalue weighted by Crippen LogP contribution is 2.30. The predicted octanol–water partition coefficient (Wildman–Crippen LogP) is 3.60. The average Bonchev–Trinajstić information content (AvgIpc) is 2.24. The maximum Gasteiger partial charge on any atom is 0.312 e. The molecule has 0 aliphatic carbocycles. The summed E-state index contributed by atoms with van der Waals surface area (Å²) in [4.78, 5) is 11.9. The van der Waals surface area contributed by atoms with Crippen molar-refractivity contribution in [2.45, 2.75) is 39.4 Å². The molecule has 1 N–H and O–H groups in total. The Morgan fingerprint density at radius 2 is 2.00 bits per heavy atom. The predicted molar refractivity (Wildman–Crippen MR) is 74.1 cm³/mol. The molecule has 106 valence electrons. The van der Waals surface area contributed by atoms with Crippen molar-refractivity contribution in [2.24, 2.45) is 5.92 Å². The van der Waals surface area contributed by atoms with Crippen LogP contribution < -0.4 is 0 Å². The van der Waals surface area contributed by atoms with Crippen molar-refractivity contribution in [1.29, 1.82) is 0 Å². The van der Waals surface area contributed by atoms with Gasteiger partial charge in [0.2, 0.25) is 0 Å². The minimum absolute atomic E-state index is 0.409. The normalized spacial score (nSPS) is 14.9. The second kappa shape index (κ2) is 6.01. The topological polar surface area (TPSA) is 46.5 Å². The van der Waals surface area contributed by atoms with E-state index in [-0.39, 0.29) is 0 Å². The Balaban J connectivity index is 2.87. The molecule has 0 spiro atoms. The zero-order valence-electron chi connectivity index (χ0n) is 11.4. The highest BCUT2D eigenvalue weighted by atomic mass is 79.9. The Labute approximate surface area is 120 Å². The quantitative estimate of drug-likeness (QED) is 0.860. The first-order chi connectivity index (χ1) is 8.61. The molecule has 0 aliphatic heterocycles. The number of esters is 1. The largest absolute Gasteiger partial charge is 0.460 e. The maximum absolute atomic E-state index is 13.0. The summed E-state index contributed by atoms with van der Waals surface area (Å²) in [5.41, 5.74) is -0.148. The van der Waals surface area contributed by atoms with Crippen LogP contribution in [0.25, 0.3) is 0 Å². The first kappa shape index (κ1) is 16.1. The van der Waals surface area contributed by atoms with Crippen molar-refractivity contribution in [2.75, 3.05) is 0 Å². The van der Waals surface area contributed by atoms with Gasteiger partial charge in [0.1, 0.15) is 11.4 Å². The van der Waals surface area contributed by atoms with Crippen molar-refractivity contribution in [3.63, 3.8) is 0 Å². The van der Waals surface area contributed by atoms with Crippen molar-refractivity contribution in [3.05, 3.63) is 34.1 Å². The van der Waals surface area contributed by atoms with Gasteiger partial charge in [-0.1, -0.05) is 22.0 Å². The van der Waals surface area contributed by atoms with Crippen molar-refractivity contribution in [1.82, 2.24) is 0 Å². The standard InChI is InChI=1S/C14H18BrFO3/c1-8(13(18)19-14(2,3)4)12(17)10-6-5-9(16)7-11(10)15/h5-8,12,17H,1-4H3. The first-order valence-corrected chi connectivity index (χ1v) is 6.77. The second-order valence-corrected chi connectivity index (χ2v) is 6.29. The Kier molecular flexibility index (Phi) is 5.10. The lowest BCUT2D eigenvalue weighted by molar-refractivity contribution is -0.163. The molecule has 19 heavy (non-hydrogen) atoms. The third kappa shape index (κ3) is 4.58. The second-order valence-electron chi connectivity index (χ2n) is 5.43. The van der Waals surface area contributed by atoms with Gasteiger partial charge in [-0.3, -0.25) is 4.79 Å². The Morgan fingerprint density at radius 3 is 2.47 bits per heavy atom. The molecular weight excluding hydrogens is 315 g/mol. The van der Waals surface area contributed by atoms with Crippen LogP contribution in [0.4, 0.5) is 4.39 Å². The van der Waals surface area contributed by atoms with Crippen LogP contribution in [0.15, 0.2) is 22.7 Å². The molecule has 1 aromatic carbocycles. The van der Waals surface area contributed by atoms with E-state index in [0.717, 1.165) is 0 Å². The maximum atomic E-state index is 13.0. The lowest BCUT2D eigenvalue weighted by atomic mass is 9.97. The van der Waals surface area contributed by atoms with Crippen LogP contribution in [0, 0.1) is 11.7 Å². The van der Waals surface area contributed by atoms with E-state index in [1.807, 2.05) is 0 Å². The van der Waals surface area contributed by atoms with E-state index in [9.17, 15) is 14.3 Å². The summed E-state index contributed by atoms with van der Waals surface area (Å²) in [7, 11) is 0. The zero-order valence-corrected chi connectivity index (χ0v) is 13.0. The summed E-state index contributed by atoms with van der Waals surface area (Å²) in [6, 6.07) is 3.94. The summed E-state index contributed by atoms with van der Waals surface area (Å²) < 4.78 is 18.6. The summed E-state index contributed by atoms with van der Waals surface area (Å²) in [5, 5.41) is 10.2. The van der Waals surface area contributed by atoms with Gasteiger partial charge in [-0.05, 0) is 45.4 Å². The molecular formula is C14H18BrFO3. The SMILES string of the molecule is CC(C(=O)OC(C)(C)C)C(O)c1ccc(F)cc1Br. The summed E-state index contributed by atoms with van der Waals surface area (Å²) in [6.07, 6.45) is -1.05. The molecule has 2 atom stereocenters. The van der Waals surface area contributed by atoms with E-state index in [1.54, 1.807) is 27.7 Å². The molecule has 0 radical (unpaired) electrons. The van der Waals surface area contributed by atoms with Gasteiger partial charge in [0.25, 0.3) is 0 Å². The molecule has 0 saturated heterocycles. The lowest BCUT2D eigenvalue weighted by Crippen LogP contribution is -2.30. The van der Waals surface area contributed by atoms with Crippen LogP contribution in [-0.4, -0.2) is 16.7 Å². The van der Waals surface area contributed by atoms with E-state index in [0.29, 0.717) is 10.0 Å². The molecule has 1 rings (SSSR count). The van der Waals surface area contributed by atoms with Gasteiger partial charge in [0.15, 0.2) is 0 Å². The molecule has 2 unspecified atom stereocenters. The Hall–Kier alpha value is -0.940. The molecule has 0 amide bonds. The Morgan fingerprint density at radius 1 is 1.42 bits per heavy atom. The third-order valence-electron chi connectivity index (χ3n) is 2.53. The van der Waals surface area contributed by atoms with Gasteiger partial charge in [0, 0.05) is 4.47 Å². The minimum Gasteiger partial charge on any atom is -0.460 e. The fraction of sp³-hybridized carbons (Fsp3) is 0.500.